The molecular weight excluding hydrogens is 543 g/mol. The maximum atomic E-state index is 13.8. The molecule has 0 atom stereocenters. The summed E-state index contributed by atoms with van der Waals surface area (Å²) in [6, 6.07) is 18.7. The summed E-state index contributed by atoms with van der Waals surface area (Å²) in [6.45, 7) is 0.325. The van der Waals surface area contributed by atoms with Crippen molar-refractivity contribution in [2.75, 3.05) is 12.4 Å². The van der Waals surface area contributed by atoms with Crippen LogP contribution in [0.2, 0.25) is 0 Å². The SMILES string of the molecule is COc1cc(/C=C(\C#N)C(=O)Nc2ccccc2F)cc(Br)c1OCc1ccc(Br)cc1. The second-order valence-electron chi connectivity index (χ2n) is 6.55. The average molecular weight is 560 g/mol. The number of benzene rings is 3. The van der Waals surface area contributed by atoms with Gasteiger partial charge in [0.15, 0.2) is 11.5 Å². The van der Waals surface area contributed by atoms with E-state index in [9.17, 15) is 14.4 Å². The Balaban J connectivity index is 1.82. The van der Waals surface area contributed by atoms with Crippen LogP contribution in [0.3, 0.4) is 0 Å². The summed E-state index contributed by atoms with van der Waals surface area (Å²) in [4.78, 5) is 12.5. The molecule has 0 fully saturated rings. The van der Waals surface area contributed by atoms with Gasteiger partial charge in [0.1, 0.15) is 24.1 Å². The molecule has 0 aliphatic rings. The fourth-order valence-electron chi connectivity index (χ4n) is 2.77. The molecular formula is C24H17Br2FN2O3. The minimum atomic E-state index is -0.719. The van der Waals surface area contributed by atoms with Crippen molar-refractivity contribution in [2.45, 2.75) is 6.61 Å². The number of methoxy groups -OCH3 is 1. The maximum Gasteiger partial charge on any atom is 0.266 e. The number of anilines is 1. The number of halogens is 3. The van der Waals surface area contributed by atoms with Gasteiger partial charge in [-0.3, -0.25) is 4.79 Å². The highest BCUT2D eigenvalue weighted by atomic mass is 79.9. The number of nitrogens with zero attached hydrogens (tertiary/aromatic N) is 1. The van der Waals surface area contributed by atoms with Crippen molar-refractivity contribution in [1.82, 2.24) is 0 Å². The summed E-state index contributed by atoms with van der Waals surface area (Å²) in [5.74, 6) is -0.394. The molecule has 3 rings (SSSR count). The molecule has 0 aliphatic heterocycles. The van der Waals surface area contributed by atoms with Crippen molar-refractivity contribution in [3.05, 3.63) is 92.1 Å². The van der Waals surface area contributed by atoms with E-state index in [2.05, 4.69) is 37.2 Å². The summed E-state index contributed by atoms with van der Waals surface area (Å²) in [6.07, 6.45) is 1.39. The second kappa shape index (κ2) is 10.9. The van der Waals surface area contributed by atoms with Gasteiger partial charge in [-0.2, -0.15) is 5.26 Å². The quantitative estimate of drug-likeness (QED) is 0.265. The van der Waals surface area contributed by atoms with Crippen molar-refractivity contribution < 1.29 is 18.7 Å². The number of rotatable bonds is 7. The molecule has 3 aromatic carbocycles. The highest BCUT2D eigenvalue weighted by Gasteiger charge is 2.15. The Morgan fingerprint density at radius 3 is 2.53 bits per heavy atom. The monoisotopic (exact) mass is 558 g/mol. The number of nitrogens with one attached hydrogen (secondary N) is 1. The van der Waals surface area contributed by atoms with Crippen molar-refractivity contribution in [2.24, 2.45) is 0 Å². The van der Waals surface area contributed by atoms with Gasteiger partial charge in [0.05, 0.1) is 17.3 Å². The Labute approximate surface area is 201 Å². The fourth-order valence-corrected chi connectivity index (χ4v) is 3.61. The first-order chi connectivity index (χ1) is 15.4. The lowest BCUT2D eigenvalue weighted by atomic mass is 10.1. The fraction of sp³-hybridized carbons (Fsp3) is 0.0833. The molecule has 0 radical (unpaired) electrons. The number of carbonyl (C=O) groups excluding carboxylic acids is 1. The highest BCUT2D eigenvalue weighted by molar-refractivity contribution is 9.10. The largest absolute Gasteiger partial charge is 0.493 e. The van der Waals surface area contributed by atoms with E-state index in [1.54, 1.807) is 18.2 Å². The van der Waals surface area contributed by atoms with Crippen LogP contribution in [-0.4, -0.2) is 13.0 Å². The van der Waals surface area contributed by atoms with E-state index in [-0.39, 0.29) is 11.3 Å². The molecule has 8 heteroatoms. The van der Waals surface area contributed by atoms with E-state index in [0.29, 0.717) is 28.1 Å². The van der Waals surface area contributed by atoms with Gasteiger partial charge >= 0.3 is 0 Å². The molecule has 0 aliphatic carbocycles. The zero-order valence-corrected chi connectivity index (χ0v) is 20.0. The van der Waals surface area contributed by atoms with Gasteiger partial charge in [-0.15, -0.1) is 0 Å². The van der Waals surface area contributed by atoms with E-state index < -0.39 is 11.7 Å². The number of nitriles is 1. The Bertz CT molecular complexity index is 1200. The number of carbonyl (C=O) groups is 1. The summed E-state index contributed by atoms with van der Waals surface area (Å²) in [7, 11) is 1.50. The van der Waals surface area contributed by atoms with E-state index >= 15 is 0 Å². The predicted octanol–water partition coefficient (Wildman–Crippen LogP) is 6.48. The Hall–Kier alpha value is -3.15. The van der Waals surface area contributed by atoms with Gasteiger partial charge in [0.25, 0.3) is 5.91 Å². The van der Waals surface area contributed by atoms with Crippen LogP contribution in [-0.2, 0) is 11.4 Å². The van der Waals surface area contributed by atoms with Crippen LogP contribution >= 0.6 is 31.9 Å². The number of amides is 1. The number of para-hydroxylation sites is 1. The van der Waals surface area contributed by atoms with Crippen molar-refractivity contribution in [3.63, 3.8) is 0 Å². The van der Waals surface area contributed by atoms with Crippen LogP contribution in [0.5, 0.6) is 11.5 Å². The molecule has 0 unspecified atom stereocenters. The average Bonchev–Trinajstić information content (AvgIpc) is 2.79. The summed E-state index contributed by atoms with van der Waals surface area (Å²) >= 11 is 6.86. The molecule has 1 amide bonds. The molecule has 0 saturated heterocycles. The van der Waals surface area contributed by atoms with Crippen LogP contribution in [0.4, 0.5) is 10.1 Å². The third kappa shape index (κ3) is 5.96. The lowest BCUT2D eigenvalue weighted by molar-refractivity contribution is -0.112. The van der Waals surface area contributed by atoms with Crippen LogP contribution in [0, 0.1) is 17.1 Å². The molecule has 0 saturated carbocycles. The predicted molar refractivity (Wildman–Crippen MR) is 128 cm³/mol. The topological polar surface area (TPSA) is 71.3 Å². The summed E-state index contributed by atoms with van der Waals surface area (Å²) < 4.78 is 26.7. The van der Waals surface area contributed by atoms with Crippen molar-refractivity contribution >= 4 is 49.5 Å². The minimum Gasteiger partial charge on any atom is -0.493 e. The lowest BCUT2D eigenvalue weighted by Gasteiger charge is -2.14. The van der Waals surface area contributed by atoms with E-state index in [4.69, 9.17) is 9.47 Å². The second-order valence-corrected chi connectivity index (χ2v) is 8.32. The normalized spacial score (nSPS) is 10.9. The lowest BCUT2D eigenvalue weighted by Crippen LogP contribution is -2.14. The van der Waals surface area contributed by atoms with Gasteiger partial charge < -0.3 is 14.8 Å². The Kier molecular flexibility index (Phi) is 8.03. The highest BCUT2D eigenvalue weighted by Crippen LogP contribution is 2.38. The first kappa shape index (κ1) is 23.5. The molecule has 0 bridgehead atoms. The van der Waals surface area contributed by atoms with E-state index in [1.807, 2.05) is 30.3 Å². The standard InChI is InChI=1S/C24H17Br2FN2O3/c1-31-22-12-16(10-17(13-28)24(30)29-21-5-3-2-4-20(21)27)11-19(26)23(22)32-14-15-6-8-18(25)9-7-15/h2-12H,14H2,1H3,(H,29,30)/b17-10+. The van der Waals surface area contributed by atoms with Crippen LogP contribution in [0.1, 0.15) is 11.1 Å². The zero-order chi connectivity index (χ0) is 23.1. The zero-order valence-electron chi connectivity index (χ0n) is 16.9. The third-order valence-electron chi connectivity index (χ3n) is 4.35. The molecule has 5 nitrogen and oxygen atoms in total. The molecule has 0 spiro atoms. The molecule has 0 aromatic heterocycles. The van der Waals surface area contributed by atoms with E-state index in [1.165, 1.54) is 31.4 Å². The first-order valence-corrected chi connectivity index (χ1v) is 10.9. The third-order valence-corrected chi connectivity index (χ3v) is 5.46. The summed E-state index contributed by atoms with van der Waals surface area (Å²) in [5, 5.41) is 11.8. The molecule has 32 heavy (non-hydrogen) atoms. The van der Waals surface area contributed by atoms with Crippen molar-refractivity contribution in [1.29, 1.82) is 5.26 Å². The minimum absolute atomic E-state index is 0.00546. The number of ether oxygens (including phenoxy) is 2. The maximum absolute atomic E-state index is 13.8. The summed E-state index contributed by atoms with van der Waals surface area (Å²) in [5.41, 5.74) is 1.31. The van der Waals surface area contributed by atoms with Gasteiger partial charge in [-0.1, -0.05) is 40.2 Å². The van der Waals surface area contributed by atoms with Crippen LogP contribution in [0.15, 0.2) is 75.2 Å². The molecule has 3 aromatic rings. The molecule has 0 heterocycles. The van der Waals surface area contributed by atoms with Crippen LogP contribution < -0.4 is 14.8 Å². The first-order valence-electron chi connectivity index (χ1n) is 9.33. The molecule has 1 N–H and O–H groups in total. The van der Waals surface area contributed by atoms with Crippen molar-refractivity contribution in [3.8, 4) is 17.6 Å². The number of hydrogen-bond donors (Lipinski definition) is 1. The van der Waals surface area contributed by atoms with Gasteiger partial charge in [-0.05, 0) is 69.5 Å². The Morgan fingerprint density at radius 1 is 1.16 bits per heavy atom. The van der Waals surface area contributed by atoms with Gasteiger partial charge in [-0.25, -0.2) is 4.39 Å². The smallest absolute Gasteiger partial charge is 0.266 e. The Morgan fingerprint density at radius 2 is 1.88 bits per heavy atom. The van der Waals surface area contributed by atoms with Gasteiger partial charge in [0.2, 0.25) is 0 Å². The van der Waals surface area contributed by atoms with Gasteiger partial charge in [0, 0.05) is 4.47 Å². The molecule has 162 valence electrons. The van der Waals surface area contributed by atoms with E-state index in [0.717, 1.165) is 10.0 Å². The van der Waals surface area contributed by atoms with Crippen LogP contribution in [0.25, 0.3) is 6.08 Å². The number of hydrogen-bond acceptors (Lipinski definition) is 4.